The number of hydrogen-bond donors (Lipinski definition) is 2. The van der Waals surface area contributed by atoms with Gasteiger partial charge in [0.15, 0.2) is 9.84 Å². The summed E-state index contributed by atoms with van der Waals surface area (Å²) >= 11 is 0. The van der Waals surface area contributed by atoms with Gasteiger partial charge in [-0.2, -0.15) is 0 Å². The molecule has 3 aromatic rings. The van der Waals surface area contributed by atoms with Crippen LogP contribution >= 0.6 is 0 Å². The number of hydrogen-bond acceptors (Lipinski definition) is 7. The minimum Gasteiger partial charge on any atom is -0.493 e. The Kier molecular flexibility index (Phi) is 12.7. The Morgan fingerprint density at radius 3 is 2.10 bits per heavy atom. The van der Waals surface area contributed by atoms with Crippen LogP contribution in [-0.4, -0.2) is 50.0 Å². The highest BCUT2D eigenvalue weighted by Gasteiger charge is 2.14. The SMILES string of the molecule is CS(=O)(=O)c1cc(OCCCCCCc2cccc(OCCCC(=O)O)c2CCC(=O)O)cc(Oc2ccccc2)c1. The molecule has 10 heteroatoms. The van der Waals surface area contributed by atoms with E-state index in [4.69, 9.17) is 19.3 Å². The molecule has 3 aromatic carbocycles. The number of para-hydroxylation sites is 1. The summed E-state index contributed by atoms with van der Waals surface area (Å²) in [4.78, 5) is 22.1. The van der Waals surface area contributed by atoms with Crippen LogP contribution in [0.1, 0.15) is 56.1 Å². The monoisotopic (exact) mass is 598 g/mol. The molecule has 0 aliphatic heterocycles. The first-order chi connectivity index (χ1) is 20.1. The van der Waals surface area contributed by atoms with Crippen molar-refractivity contribution < 1.29 is 42.4 Å². The standard InChI is InChI=1S/C32H38O9S/c1-42(37,38)28-22-26(21-27(23-28)41-25-13-6-4-7-14-25)39-19-8-3-2-5-11-24-12-9-15-30(29(24)17-18-32(35)36)40-20-10-16-31(33)34/h4,6-7,9,12-15,21-23H,2-3,5,8,10-11,16-20H2,1H3,(H,33,34)(H,35,36). The quantitative estimate of drug-likeness (QED) is 0.152. The van der Waals surface area contributed by atoms with Gasteiger partial charge in [-0.25, -0.2) is 8.42 Å². The number of aryl methyl sites for hydroxylation is 1. The summed E-state index contributed by atoms with van der Waals surface area (Å²) in [6.45, 7) is 0.671. The highest BCUT2D eigenvalue weighted by atomic mass is 32.2. The minimum absolute atomic E-state index is 0.0135. The predicted octanol–water partition coefficient (Wildman–Crippen LogP) is 6.33. The van der Waals surface area contributed by atoms with Gasteiger partial charge in [0.25, 0.3) is 0 Å². The van der Waals surface area contributed by atoms with E-state index in [0.29, 0.717) is 42.4 Å². The lowest BCUT2D eigenvalue weighted by Crippen LogP contribution is -2.07. The van der Waals surface area contributed by atoms with Gasteiger partial charge in [0, 0.05) is 25.2 Å². The van der Waals surface area contributed by atoms with Gasteiger partial charge >= 0.3 is 11.9 Å². The van der Waals surface area contributed by atoms with Crippen molar-refractivity contribution in [3.63, 3.8) is 0 Å². The van der Waals surface area contributed by atoms with E-state index in [2.05, 4.69) is 0 Å². The van der Waals surface area contributed by atoms with E-state index in [1.54, 1.807) is 24.3 Å². The topological polar surface area (TPSA) is 136 Å². The number of carbonyl (C=O) groups is 2. The van der Waals surface area contributed by atoms with Crippen molar-refractivity contribution in [2.45, 2.75) is 62.7 Å². The molecule has 3 rings (SSSR count). The molecule has 0 saturated heterocycles. The Hall–Kier alpha value is -4.05. The van der Waals surface area contributed by atoms with Gasteiger partial charge in [-0.1, -0.05) is 43.2 Å². The fourth-order valence-corrected chi connectivity index (χ4v) is 5.05. The first-order valence-electron chi connectivity index (χ1n) is 14.0. The zero-order chi connectivity index (χ0) is 30.4. The summed E-state index contributed by atoms with van der Waals surface area (Å²) in [6.07, 6.45) is 6.11. The molecule has 226 valence electrons. The van der Waals surface area contributed by atoms with E-state index in [9.17, 15) is 23.1 Å². The van der Waals surface area contributed by atoms with Crippen LogP contribution < -0.4 is 14.2 Å². The molecule has 0 atom stereocenters. The molecule has 9 nitrogen and oxygen atoms in total. The number of carboxylic acids is 2. The normalized spacial score (nSPS) is 11.2. The number of rotatable bonds is 19. The summed E-state index contributed by atoms with van der Waals surface area (Å²) in [7, 11) is -3.46. The van der Waals surface area contributed by atoms with E-state index < -0.39 is 21.8 Å². The fourth-order valence-electron chi connectivity index (χ4n) is 4.39. The van der Waals surface area contributed by atoms with Crippen LogP contribution in [0, 0.1) is 0 Å². The van der Waals surface area contributed by atoms with E-state index >= 15 is 0 Å². The summed E-state index contributed by atoms with van der Waals surface area (Å²) in [5.41, 5.74) is 1.89. The zero-order valence-corrected chi connectivity index (χ0v) is 24.6. The minimum atomic E-state index is -3.46. The van der Waals surface area contributed by atoms with Crippen LogP contribution in [0.5, 0.6) is 23.0 Å². The summed E-state index contributed by atoms with van der Waals surface area (Å²) in [5, 5.41) is 18.0. The van der Waals surface area contributed by atoms with Crippen LogP contribution in [-0.2, 0) is 32.3 Å². The number of aliphatic carboxylic acids is 2. The van der Waals surface area contributed by atoms with Gasteiger partial charge in [0.1, 0.15) is 23.0 Å². The molecule has 0 aliphatic rings. The molecule has 42 heavy (non-hydrogen) atoms. The van der Waals surface area contributed by atoms with E-state index in [1.807, 2.05) is 30.3 Å². The molecular formula is C32H38O9S. The van der Waals surface area contributed by atoms with Gasteiger partial charge in [-0.15, -0.1) is 0 Å². The molecule has 0 radical (unpaired) electrons. The second-order valence-electron chi connectivity index (χ2n) is 9.97. The summed E-state index contributed by atoms with van der Waals surface area (Å²) < 4.78 is 41.9. The molecular weight excluding hydrogens is 560 g/mol. The highest BCUT2D eigenvalue weighted by Crippen LogP contribution is 2.30. The molecule has 0 bridgehead atoms. The largest absolute Gasteiger partial charge is 0.493 e. The maximum Gasteiger partial charge on any atom is 0.303 e. The van der Waals surface area contributed by atoms with Crippen LogP contribution in [0.3, 0.4) is 0 Å². The lowest BCUT2D eigenvalue weighted by Gasteiger charge is -2.15. The van der Waals surface area contributed by atoms with Gasteiger partial charge < -0.3 is 24.4 Å². The van der Waals surface area contributed by atoms with Crippen molar-refractivity contribution in [2.24, 2.45) is 0 Å². The summed E-state index contributed by atoms with van der Waals surface area (Å²) in [5.74, 6) is 0.239. The summed E-state index contributed by atoms with van der Waals surface area (Å²) in [6, 6.07) is 19.4. The van der Waals surface area contributed by atoms with E-state index in [0.717, 1.165) is 49.5 Å². The highest BCUT2D eigenvalue weighted by molar-refractivity contribution is 7.90. The van der Waals surface area contributed by atoms with Crippen molar-refractivity contribution in [1.29, 1.82) is 0 Å². The van der Waals surface area contributed by atoms with Gasteiger partial charge in [-0.05, 0) is 73.6 Å². The predicted molar refractivity (Wildman–Crippen MR) is 158 cm³/mol. The molecule has 0 saturated carbocycles. The second kappa shape index (κ2) is 16.4. The second-order valence-corrected chi connectivity index (χ2v) is 12.0. The Morgan fingerprint density at radius 1 is 0.690 bits per heavy atom. The van der Waals surface area contributed by atoms with E-state index in [1.165, 1.54) is 12.1 Å². The molecule has 0 spiro atoms. The number of carboxylic acid groups (broad SMARTS) is 2. The molecule has 0 fully saturated rings. The van der Waals surface area contributed by atoms with Crippen LogP contribution in [0.2, 0.25) is 0 Å². The van der Waals surface area contributed by atoms with Crippen LogP contribution in [0.4, 0.5) is 0 Å². The van der Waals surface area contributed by atoms with Crippen molar-refractivity contribution in [2.75, 3.05) is 19.5 Å². The van der Waals surface area contributed by atoms with Crippen molar-refractivity contribution >= 4 is 21.8 Å². The van der Waals surface area contributed by atoms with Crippen molar-refractivity contribution in [1.82, 2.24) is 0 Å². The number of unbranched alkanes of at least 4 members (excludes halogenated alkanes) is 3. The number of sulfone groups is 1. The van der Waals surface area contributed by atoms with Crippen molar-refractivity contribution in [3.8, 4) is 23.0 Å². The van der Waals surface area contributed by atoms with Gasteiger partial charge in [0.05, 0.1) is 18.1 Å². The Balaban J connectivity index is 1.51. The lowest BCUT2D eigenvalue weighted by molar-refractivity contribution is -0.138. The lowest BCUT2D eigenvalue weighted by atomic mass is 9.97. The maximum absolute atomic E-state index is 12.2. The number of benzene rings is 3. The third-order valence-corrected chi connectivity index (χ3v) is 7.57. The fraction of sp³-hybridized carbons (Fsp3) is 0.375. The average Bonchev–Trinajstić information content (AvgIpc) is 2.94. The third kappa shape index (κ3) is 11.4. The smallest absolute Gasteiger partial charge is 0.303 e. The molecule has 0 heterocycles. The Labute approximate surface area is 247 Å². The van der Waals surface area contributed by atoms with E-state index in [-0.39, 0.29) is 24.3 Å². The van der Waals surface area contributed by atoms with Crippen molar-refractivity contribution in [3.05, 3.63) is 77.9 Å². The van der Waals surface area contributed by atoms with Crippen LogP contribution in [0.25, 0.3) is 0 Å². The third-order valence-electron chi connectivity index (χ3n) is 6.48. The average molecular weight is 599 g/mol. The first kappa shape index (κ1) is 32.5. The Morgan fingerprint density at radius 2 is 1.38 bits per heavy atom. The first-order valence-corrected chi connectivity index (χ1v) is 15.9. The molecule has 0 aliphatic carbocycles. The van der Waals surface area contributed by atoms with Gasteiger partial charge in [0.2, 0.25) is 0 Å². The molecule has 0 amide bonds. The number of ether oxygens (including phenoxy) is 3. The molecule has 0 aromatic heterocycles. The Bertz CT molecular complexity index is 1420. The van der Waals surface area contributed by atoms with Crippen LogP contribution in [0.15, 0.2) is 71.6 Å². The maximum atomic E-state index is 12.2. The molecule has 0 unspecified atom stereocenters. The van der Waals surface area contributed by atoms with Gasteiger partial charge in [-0.3, -0.25) is 9.59 Å². The zero-order valence-electron chi connectivity index (χ0n) is 23.8. The molecule has 2 N–H and O–H groups in total.